The maximum atomic E-state index is 12.6. The van der Waals surface area contributed by atoms with E-state index in [9.17, 15) is 9.59 Å². The van der Waals surface area contributed by atoms with Gasteiger partial charge in [0.2, 0.25) is 6.08 Å². The molecular weight excluding hydrogens is 326 g/mol. The van der Waals surface area contributed by atoms with Crippen molar-refractivity contribution in [2.75, 3.05) is 32.7 Å². The van der Waals surface area contributed by atoms with Crippen LogP contribution in [0.5, 0.6) is 0 Å². The van der Waals surface area contributed by atoms with Crippen LogP contribution in [-0.2, 0) is 4.79 Å². The van der Waals surface area contributed by atoms with Crippen LogP contribution in [0.3, 0.4) is 0 Å². The van der Waals surface area contributed by atoms with E-state index in [0.717, 1.165) is 19.6 Å². The summed E-state index contributed by atoms with van der Waals surface area (Å²) in [5.74, 6) is 0.0195. The average molecular weight is 347 g/mol. The third-order valence-electron chi connectivity index (χ3n) is 4.42. The lowest BCUT2D eigenvalue weighted by Crippen LogP contribution is -2.48. The first-order chi connectivity index (χ1) is 12.8. The van der Waals surface area contributed by atoms with Crippen LogP contribution in [0.1, 0.15) is 15.9 Å². The normalized spacial score (nSPS) is 15.0. The maximum absolute atomic E-state index is 12.6. The van der Waals surface area contributed by atoms with Crippen LogP contribution < -0.4 is 0 Å². The molecule has 1 aliphatic rings. The molecule has 5 nitrogen and oxygen atoms in total. The highest BCUT2D eigenvalue weighted by Crippen LogP contribution is 2.15. The maximum Gasteiger partial charge on any atom is 0.253 e. The summed E-state index contributed by atoms with van der Waals surface area (Å²) in [6.07, 6.45) is 5.79. The van der Waals surface area contributed by atoms with Crippen molar-refractivity contribution in [3.05, 3.63) is 71.8 Å². The number of carbonyl (C=O) groups excluding carboxylic acids is 2. The summed E-state index contributed by atoms with van der Waals surface area (Å²) in [4.78, 5) is 30.6. The Balaban J connectivity index is 1.49. The van der Waals surface area contributed by atoms with E-state index in [1.54, 1.807) is 24.3 Å². The highest BCUT2D eigenvalue weighted by atomic mass is 16.2. The molecule has 1 heterocycles. The van der Waals surface area contributed by atoms with Gasteiger partial charge in [-0.3, -0.25) is 9.69 Å². The molecule has 1 amide bonds. The van der Waals surface area contributed by atoms with Gasteiger partial charge in [-0.05, 0) is 29.8 Å². The Bertz CT molecular complexity index is 801. The minimum atomic E-state index is 0.0195. The molecule has 0 N–H and O–H groups in total. The minimum absolute atomic E-state index is 0.0195. The van der Waals surface area contributed by atoms with Crippen LogP contribution in [0.25, 0.3) is 6.08 Å². The topological polar surface area (TPSA) is 53.0 Å². The van der Waals surface area contributed by atoms with Gasteiger partial charge in [0, 0.05) is 38.3 Å². The molecule has 1 saturated heterocycles. The molecule has 5 heteroatoms. The summed E-state index contributed by atoms with van der Waals surface area (Å²) in [6.45, 7) is 4.03. The minimum Gasteiger partial charge on any atom is -0.336 e. The van der Waals surface area contributed by atoms with E-state index in [-0.39, 0.29) is 5.91 Å². The van der Waals surface area contributed by atoms with Crippen LogP contribution >= 0.6 is 0 Å². The molecule has 132 valence electrons. The van der Waals surface area contributed by atoms with Gasteiger partial charge in [0.1, 0.15) is 0 Å². The zero-order valence-electron chi connectivity index (χ0n) is 14.5. The largest absolute Gasteiger partial charge is 0.336 e. The third kappa shape index (κ3) is 4.76. The Morgan fingerprint density at radius 1 is 1.00 bits per heavy atom. The lowest BCUT2D eigenvalue weighted by atomic mass is 10.1. The summed E-state index contributed by atoms with van der Waals surface area (Å²) in [5, 5.41) is 0. The highest BCUT2D eigenvalue weighted by molar-refractivity contribution is 5.94. The van der Waals surface area contributed by atoms with Gasteiger partial charge in [-0.2, -0.15) is 4.99 Å². The van der Waals surface area contributed by atoms with E-state index in [0.29, 0.717) is 24.3 Å². The Hall–Kier alpha value is -3.01. The molecule has 26 heavy (non-hydrogen) atoms. The van der Waals surface area contributed by atoms with Gasteiger partial charge in [-0.15, -0.1) is 0 Å². The third-order valence-corrected chi connectivity index (χ3v) is 4.42. The number of piperazine rings is 1. The smallest absolute Gasteiger partial charge is 0.253 e. The first kappa shape index (κ1) is 17.8. The van der Waals surface area contributed by atoms with Crippen LogP contribution in [0, 0.1) is 0 Å². The molecular formula is C21H21N3O2. The molecule has 0 saturated carbocycles. The van der Waals surface area contributed by atoms with E-state index >= 15 is 0 Å². The monoisotopic (exact) mass is 347 g/mol. The van der Waals surface area contributed by atoms with Crippen LogP contribution in [-0.4, -0.2) is 54.5 Å². The summed E-state index contributed by atoms with van der Waals surface area (Å²) >= 11 is 0. The lowest BCUT2D eigenvalue weighted by Gasteiger charge is -2.34. The van der Waals surface area contributed by atoms with Crippen molar-refractivity contribution in [1.82, 2.24) is 9.80 Å². The van der Waals surface area contributed by atoms with Gasteiger partial charge in [0.25, 0.3) is 5.91 Å². The molecule has 0 bridgehead atoms. The first-order valence-electron chi connectivity index (χ1n) is 8.67. The number of aliphatic imine (C=N–C) groups is 1. The zero-order chi connectivity index (χ0) is 18.2. The second-order valence-corrected chi connectivity index (χ2v) is 6.16. The fourth-order valence-corrected chi connectivity index (χ4v) is 2.95. The van der Waals surface area contributed by atoms with Crippen molar-refractivity contribution in [3.63, 3.8) is 0 Å². The van der Waals surface area contributed by atoms with Gasteiger partial charge in [0.15, 0.2) is 0 Å². The summed E-state index contributed by atoms with van der Waals surface area (Å²) in [5.41, 5.74) is 2.32. The molecule has 1 fully saturated rings. The lowest BCUT2D eigenvalue weighted by molar-refractivity contribution is 0.0650. The van der Waals surface area contributed by atoms with Crippen molar-refractivity contribution in [1.29, 1.82) is 0 Å². The molecule has 2 aromatic carbocycles. The van der Waals surface area contributed by atoms with Gasteiger partial charge < -0.3 is 4.90 Å². The molecule has 0 atom stereocenters. The first-order valence-corrected chi connectivity index (χ1v) is 8.67. The predicted molar refractivity (Wildman–Crippen MR) is 102 cm³/mol. The van der Waals surface area contributed by atoms with Crippen molar-refractivity contribution in [2.24, 2.45) is 4.99 Å². The number of nitrogens with zero attached hydrogens (tertiary/aromatic N) is 3. The molecule has 0 radical (unpaired) electrons. The van der Waals surface area contributed by atoms with E-state index in [4.69, 9.17) is 0 Å². The summed E-state index contributed by atoms with van der Waals surface area (Å²) < 4.78 is 0. The van der Waals surface area contributed by atoms with Gasteiger partial charge in [-0.1, -0.05) is 42.5 Å². The Morgan fingerprint density at radius 3 is 2.35 bits per heavy atom. The number of hydrogen-bond donors (Lipinski definition) is 0. The average Bonchev–Trinajstić information content (AvgIpc) is 2.70. The number of isocyanates is 1. The Labute approximate surface area is 153 Å². The molecule has 2 aromatic rings. The standard InChI is InChI=1S/C21H21N3O2/c25-17-22-20-10-8-19(9-11-20)21(26)24-15-13-23(14-16-24)12-4-7-18-5-2-1-3-6-18/h1-11H,12-16H2. The van der Waals surface area contributed by atoms with E-state index < -0.39 is 0 Å². The van der Waals surface area contributed by atoms with Crippen molar-refractivity contribution >= 4 is 23.8 Å². The predicted octanol–water partition coefficient (Wildman–Crippen LogP) is 3.13. The Kier molecular flexibility index (Phi) is 6.09. The number of benzene rings is 2. The Morgan fingerprint density at radius 2 is 1.69 bits per heavy atom. The molecule has 0 unspecified atom stereocenters. The van der Waals surface area contributed by atoms with E-state index in [2.05, 4.69) is 34.2 Å². The second kappa shape index (κ2) is 8.90. The molecule has 0 aliphatic carbocycles. The number of rotatable bonds is 5. The quantitative estimate of drug-likeness (QED) is 0.617. The number of hydrogen-bond acceptors (Lipinski definition) is 4. The fourth-order valence-electron chi connectivity index (χ4n) is 2.95. The SMILES string of the molecule is O=C=Nc1ccc(C(=O)N2CCN(CC=Cc3ccccc3)CC2)cc1. The zero-order valence-corrected chi connectivity index (χ0v) is 14.5. The van der Waals surface area contributed by atoms with Gasteiger partial charge >= 0.3 is 0 Å². The van der Waals surface area contributed by atoms with Gasteiger partial charge in [0.05, 0.1) is 5.69 Å². The van der Waals surface area contributed by atoms with Crippen molar-refractivity contribution < 1.29 is 9.59 Å². The molecule has 1 aliphatic heterocycles. The fraction of sp³-hybridized carbons (Fsp3) is 0.238. The van der Waals surface area contributed by atoms with Crippen LogP contribution in [0.2, 0.25) is 0 Å². The summed E-state index contributed by atoms with van der Waals surface area (Å²) in [6, 6.07) is 16.9. The molecule has 0 spiro atoms. The van der Waals surface area contributed by atoms with Gasteiger partial charge in [-0.25, -0.2) is 4.79 Å². The second-order valence-electron chi connectivity index (χ2n) is 6.16. The number of carbonyl (C=O) groups is 1. The molecule has 0 aromatic heterocycles. The number of amides is 1. The summed E-state index contributed by atoms with van der Waals surface area (Å²) in [7, 11) is 0. The van der Waals surface area contributed by atoms with E-state index in [1.165, 1.54) is 11.6 Å². The highest BCUT2D eigenvalue weighted by Gasteiger charge is 2.21. The van der Waals surface area contributed by atoms with E-state index in [1.807, 2.05) is 23.1 Å². The van der Waals surface area contributed by atoms with Crippen LogP contribution in [0.4, 0.5) is 5.69 Å². The van der Waals surface area contributed by atoms with Crippen LogP contribution in [0.15, 0.2) is 65.7 Å². The van der Waals surface area contributed by atoms with Crippen molar-refractivity contribution in [3.8, 4) is 0 Å². The van der Waals surface area contributed by atoms with Crippen molar-refractivity contribution in [2.45, 2.75) is 0 Å². The molecule has 3 rings (SSSR count).